The minimum Gasteiger partial charge on any atom is -0.446 e. The van der Waals surface area contributed by atoms with Gasteiger partial charge in [-0.05, 0) is 11.4 Å². The monoisotopic (exact) mass is 239 g/mol. The molecule has 16 heavy (non-hydrogen) atoms. The van der Waals surface area contributed by atoms with E-state index in [-0.39, 0.29) is 24.5 Å². The van der Waals surface area contributed by atoms with Crippen LogP contribution in [0.25, 0.3) is 0 Å². The fraction of sp³-hybridized carbons (Fsp3) is 0.455. The van der Waals surface area contributed by atoms with E-state index in [1.165, 1.54) is 16.2 Å². The molecule has 0 bridgehead atoms. The van der Waals surface area contributed by atoms with Crippen molar-refractivity contribution in [3.05, 3.63) is 22.4 Å². The third-order valence-corrected chi connectivity index (χ3v) is 3.45. The zero-order valence-corrected chi connectivity index (χ0v) is 9.99. The summed E-state index contributed by atoms with van der Waals surface area (Å²) in [4.78, 5) is 25.6. The lowest BCUT2D eigenvalue weighted by molar-refractivity contribution is -0.132. The molecule has 4 nitrogen and oxygen atoms in total. The Balaban J connectivity index is 2.26. The number of rotatable bonds is 2. The van der Waals surface area contributed by atoms with Crippen molar-refractivity contribution in [1.29, 1.82) is 0 Å². The summed E-state index contributed by atoms with van der Waals surface area (Å²) in [7, 11) is 0. The average molecular weight is 239 g/mol. The van der Waals surface area contributed by atoms with Gasteiger partial charge in [0.1, 0.15) is 12.6 Å². The van der Waals surface area contributed by atoms with Crippen molar-refractivity contribution in [2.45, 2.75) is 19.9 Å². The highest BCUT2D eigenvalue weighted by Gasteiger charge is 2.40. The first kappa shape index (κ1) is 11.1. The normalized spacial score (nSPS) is 20.3. The number of thiophene rings is 1. The smallest absolute Gasteiger partial charge is 0.417 e. The highest BCUT2D eigenvalue weighted by Crippen LogP contribution is 2.31. The van der Waals surface area contributed by atoms with E-state index in [1.807, 2.05) is 17.5 Å². The van der Waals surface area contributed by atoms with Crippen LogP contribution in [0.4, 0.5) is 4.79 Å². The highest BCUT2D eigenvalue weighted by molar-refractivity contribution is 7.10. The van der Waals surface area contributed by atoms with Gasteiger partial charge in [0.25, 0.3) is 0 Å². The summed E-state index contributed by atoms with van der Waals surface area (Å²) in [5.41, 5.74) is 0. The van der Waals surface area contributed by atoms with E-state index < -0.39 is 6.09 Å². The van der Waals surface area contributed by atoms with Crippen molar-refractivity contribution < 1.29 is 14.3 Å². The first-order valence-electron chi connectivity index (χ1n) is 5.14. The van der Waals surface area contributed by atoms with E-state index >= 15 is 0 Å². The van der Waals surface area contributed by atoms with E-state index in [1.54, 1.807) is 13.8 Å². The Morgan fingerprint density at radius 3 is 2.94 bits per heavy atom. The minimum atomic E-state index is -0.530. The zero-order chi connectivity index (χ0) is 11.7. The zero-order valence-electron chi connectivity index (χ0n) is 9.17. The Labute approximate surface area is 97.8 Å². The van der Waals surface area contributed by atoms with Crippen LogP contribution in [0.15, 0.2) is 17.5 Å². The van der Waals surface area contributed by atoms with Gasteiger partial charge in [-0.25, -0.2) is 9.69 Å². The summed E-state index contributed by atoms with van der Waals surface area (Å²) in [5, 5.41) is 1.93. The van der Waals surface area contributed by atoms with E-state index in [4.69, 9.17) is 4.74 Å². The average Bonchev–Trinajstić information content (AvgIpc) is 2.84. The molecule has 2 rings (SSSR count). The largest absolute Gasteiger partial charge is 0.446 e. The molecule has 2 heterocycles. The maximum absolute atomic E-state index is 11.9. The molecule has 0 N–H and O–H groups in total. The molecule has 1 aromatic rings. The maximum atomic E-state index is 11.9. The number of nitrogens with zero attached hydrogens (tertiary/aromatic N) is 1. The van der Waals surface area contributed by atoms with Gasteiger partial charge in [-0.1, -0.05) is 19.9 Å². The number of amides is 2. The number of hydrogen-bond donors (Lipinski definition) is 0. The molecule has 1 aliphatic heterocycles. The van der Waals surface area contributed by atoms with Crippen LogP contribution in [0.3, 0.4) is 0 Å². The van der Waals surface area contributed by atoms with Crippen LogP contribution in [0.2, 0.25) is 0 Å². The Bertz CT molecular complexity index is 399. The molecule has 0 saturated carbocycles. The predicted molar refractivity (Wildman–Crippen MR) is 60.1 cm³/mol. The van der Waals surface area contributed by atoms with Crippen molar-refractivity contribution in [3.8, 4) is 0 Å². The molecule has 1 saturated heterocycles. The molecule has 1 atom stereocenters. The van der Waals surface area contributed by atoms with Gasteiger partial charge >= 0.3 is 6.09 Å². The van der Waals surface area contributed by atoms with Crippen molar-refractivity contribution in [3.63, 3.8) is 0 Å². The van der Waals surface area contributed by atoms with Crippen LogP contribution in [-0.4, -0.2) is 23.5 Å². The number of ether oxygens (including phenoxy) is 1. The van der Waals surface area contributed by atoms with Gasteiger partial charge in [0, 0.05) is 10.8 Å². The van der Waals surface area contributed by atoms with E-state index in [0.29, 0.717) is 0 Å². The molecule has 1 unspecified atom stereocenters. The van der Waals surface area contributed by atoms with Crippen LogP contribution in [0, 0.1) is 5.92 Å². The van der Waals surface area contributed by atoms with Gasteiger partial charge in [0.15, 0.2) is 0 Å². The summed E-state index contributed by atoms with van der Waals surface area (Å²) >= 11 is 1.53. The fourth-order valence-corrected chi connectivity index (χ4v) is 2.44. The standard InChI is InChI=1S/C11H13NO3S/c1-7(2)10(13)12-8(6-15-11(12)14)9-4-3-5-16-9/h3-5,7-8H,6H2,1-2H3. The number of carbonyl (C=O) groups is 2. The molecule has 0 spiro atoms. The van der Waals surface area contributed by atoms with Crippen LogP contribution in [-0.2, 0) is 9.53 Å². The fourth-order valence-electron chi connectivity index (χ4n) is 1.63. The van der Waals surface area contributed by atoms with Gasteiger partial charge in [0.05, 0.1) is 0 Å². The summed E-state index contributed by atoms with van der Waals surface area (Å²) in [6.45, 7) is 3.82. The number of imide groups is 1. The highest BCUT2D eigenvalue weighted by atomic mass is 32.1. The Kier molecular flexibility index (Phi) is 2.96. The van der Waals surface area contributed by atoms with Crippen molar-refractivity contribution in [2.75, 3.05) is 6.61 Å². The molecule has 1 fully saturated rings. The second-order valence-electron chi connectivity index (χ2n) is 3.97. The Morgan fingerprint density at radius 2 is 2.38 bits per heavy atom. The van der Waals surface area contributed by atoms with Gasteiger partial charge in [-0.15, -0.1) is 11.3 Å². The van der Waals surface area contributed by atoms with E-state index in [2.05, 4.69) is 0 Å². The maximum Gasteiger partial charge on any atom is 0.417 e. The van der Waals surface area contributed by atoms with Crippen LogP contribution >= 0.6 is 11.3 Å². The van der Waals surface area contributed by atoms with Crippen LogP contribution in [0.5, 0.6) is 0 Å². The quantitative estimate of drug-likeness (QED) is 0.796. The lowest BCUT2D eigenvalue weighted by atomic mass is 10.1. The summed E-state index contributed by atoms with van der Waals surface area (Å²) in [5.74, 6) is -0.381. The van der Waals surface area contributed by atoms with Crippen LogP contribution < -0.4 is 0 Å². The third kappa shape index (κ3) is 1.82. The minimum absolute atomic E-state index is 0.180. The molecule has 0 aromatic carbocycles. The Morgan fingerprint density at radius 1 is 1.62 bits per heavy atom. The number of cyclic esters (lactones) is 1. The Hall–Kier alpha value is -1.36. The number of hydrogen-bond acceptors (Lipinski definition) is 4. The molecule has 86 valence electrons. The van der Waals surface area contributed by atoms with Gasteiger partial charge in [-0.2, -0.15) is 0 Å². The molecule has 2 amide bonds. The third-order valence-electron chi connectivity index (χ3n) is 2.48. The first-order valence-corrected chi connectivity index (χ1v) is 6.02. The number of carbonyl (C=O) groups excluding carboxylic acids is 2. The first-order chi connectivity index (χ1) is 7.61. The van der Waals surface area contributed by atoms with Gasteiger partial charge in [0.2, 0.25) is 5.91 Å². The van der Waals surface area contributed by atoms with Crippen molar-refractivity contribution in [1.82, 2.24) is 4.90 Å². The van der Waals surface area contributed by atoms with E-state index in [9.17, 15) is 9.59 Å². The topological polar surface area (TPSA) is 46.6 Å². The van der Waals surface area contributed by atoms with E-state index in [0.717, 1.165) is 4.88 Å². The molecular weight excluding hydrogens is 226 g/mol. The molecule has 1 aromatic heterocycles. The second kappa shape index (κ2) is 4.25. The van der Waals surface area contributed by atoms with Crippen LogP contribution in [0.1, 0.15) is 24.8 Å². The summed E-state index contributed by atoms with van der Waals surface area (Å²) in [6, 6.07) is 3.57. The molecule has 1 aliphatic rings. The van der Waals surface area contributed by atoms with Gasteiger partial charge in [-0.3, -0.25) is 4.79 Å². The SMILES string of the molecule is CC(C)C(=O)N1C(=O)OCC1c1cccs1. The van der Waals surface area contributed by atoms with Crippen molar-refractivity contribution >= 4 is 23.3 Å². The molecule has 0 radical (unpaired) electrons. The van der Waals surface area contributed by atoms with Crippen molar-refractivity contribution in [2.24, 2.45) is 5.92 Å². The van der Waals surface area contributed by atoms with Gasteiger partial charge < -0.3 is 4.74 Å². The lowest BCUT2D eigenvalue weighted by Crippen LogP contribution is -2.36. The molecule has 5 heteroatoms. The molecular formula is C11H13NO3S. The molecule has 0 aliphatic carbocycles. The second-order valence-corrected chi connectivity index (χ2v) is 4.95. The lowest BCUT2D eigenvalue weighted by Gasteiger charge is -2.20. The predicted octanol–water partition coefficient (Wildman–Crippen LogP) is 2.42. The summed E-state index contributed by atoms with van der Waals surface area (Å²) in [6.07, 6.45) is -0.530. The summed E-state index contributed by atoms with van der Waals surface area (Å²) < 4.78 is 4.95.